The molecule has 4 rings (SSSR count). The van der Waals surface area contributed by atoms with E-state index in [9.17, 15) is 4.39 Å². The van der Waals surface area contributed by atoms with Gasteiger partial charge in [0.05, 0.1) is 4.47 Å². The minimum atomic E-state index is -0.213. The topological polar surface area (TPSA) is 30.7 Å². The zero-order valence-corrected chi connectivity index (χ0v) is 13.8. The lowest BCUT2D eigenvalue weighted by Crippen LogP contribution is -2.02. The summed E-state index contributed by atoms with van der Waals surface area (Å²) < 4.78 is 16.4. The van der Waals surface area contributed by atoms with E-state index >= 15 is 0 Å². The lowest BCUT2D eigenvalue weighted by atomic mass is 10.2. The van der Waals surface area contributed by atoms with Gasteiger partial charge in [-0.15, -0.1) is 10.2 Å². The maximum Gasteiger partial charge on any atom is 0.191 e. The molecular formula is C15H15BrFN3S. The lowest BCUT2D eigenvalue weighted by Gasteiger charge is -2.09. The molecule has 1 aromatic heterocycles. The van der Waals surface area contributed by atoms with Gasteiger partial charge in [0.2, 0.25) is 0 Å². The molecule has 110 valence electrons. The van der Waals surface area contributed by atoms with Crippen molar-refractivity contribution in [2.24, 2.45) is 0 Å². The Kier molecular flexibility index (Phi) is 3.53. The second kappa shape index (κ2) is 5.39. The highest BCUT2D eigenvalue weighted by molar-refractivity contribution is 9.10. The van der Waals surface area contributed by atoms with Crippen LogP contribution in [0.2, 0.25) is 0 Å². The normalized spacial score (nSPS) is 18.2. The van der Waals surface area contributed by atoms with Crippen LogP contribution in [0.1, 0.15) is 49.0 Å². The van der Waals surface area contributed by atoms with E-state index in [0.29, 0.717) is 22.2 Å². The van der Waals surface area contributed by atoms with Gasteiger partial charge in [-0.3, -0.25) is 0 Å². The first-order valence-corrected chi connectivity index (χ1v) is 9.02. The lowest BCUT2D eigenvalue weighted by molar-refractivity contribution is 0.619. The highest BCUT2D eigenvalue weighted by Crippen LogP contribution is 2.46. The summed E-state index contributed by atoms with van der Waals surface area (Å²) in [5.74, 6) is 2.27. The van der Waals surface area contributed by atoms with Gasteiger partial charge in [0, 0.05) is 17.7 Å². The molecule has 21 heavy (non-hydrogen) atoms. The number of hydrogen-bond donors (Lipinski definition) is 0. The van der Waals surface area contributed by atoms with Crippen LogP contribution < -0.4 is 0 Å². The first-order valence-electron chi connectivity index (χ1n) is 7.24. The largest absolute Gasteiger partial charge is 0.303 e. The third kappa shape index (κ3) is 2.75. The Balaban J connectivity index is 1.56. The smallest absolute Gasteiger partial charge is 0.191 e. The van der Waals surface area contributed by atoms with Crippen LogP contribution in [0, 0.1) is 5.82 Å². The molecule has 2 aromatic rings. The van der Waals surface area contributed by atoms with Crippen LogP contribution in [0.25, 0.3) is 0 Å². The van der Waals surface area contributed by atoms with Crippen molar-refractivity contribution in [3.05, 3.63) is 39.9 Å². The third-order valence-corrected chi connectivity index (χ3v) is 5.81. The number of hydrogen-bond acceptors (Lipinski definition) is 3. The van der Waals surface area contributed by atoms with Gasteiger partial charge in [-0.25, -0.2) is 4.39 Å². The molecule has 0 radical (unpaired) electrons. The Hall–Kier alpha value is -0.880. The molecule has 0 amide bonds. The predicted molar refractivity (Wildman–Crippen MR) is 83.9 cm³/mol. The van der Waals surface area contributed by atoms with E-state index in [2.05, 4.69) is 30.7 Å². The number of halogens is 2. The quantitative estimate of drug-likeness (QED) is 0.718. The molecule has 0 aliphatic heterocycles. The summed E-state index contributed by atoms with van der Waals surface area (Å²) in [6.45, 7) is 0. The van der Waals surface area contributed by atoms with Crippen molar-refractivity contribution in [2.75, 3.05) is 0 Å². The Morgan fingerprint density at radius 3 is 2.76 bits per heavy atom. The maximum absolute atomic E-state index is 13.6. The van der Waals surface area contributed by atoms with E-state index in [1.165, 1.54) is 37.6 Å². The van der Waals surface area contributed by atoms with Crippen LogP contribution >= 0.6 is 27.7 Å². The van der Waals surface area contributed by atoms with Gasteiger partial charge in [-0.2, -0.15) is 0 Å². The Morgan fingerprint density at radius 1 is 1.24 bits per heavy atom. The van der Waals surface area contributed by atoms with E-state index in [0.717, 1.165) is 10.7 Å². The molecule has 0 N–H and O–H groups in total. The van der Waals surface area contributed by atoms with Gasteiger partial charge in [0.15, 0.2) is 5.16 Å². The van der Waals surface area contributed by atoms with Gasteiger partial charge in [0.1, 0.15) is 11.6 Å². The predicted octanol–water partition coefficient (Wildman–Crippen LogP) is 4.68. The fourth-order valence-electron chi connectivity index (χ4n) is 2.48. The van der Waals surface area contributed by atoms with E-state index in [1.54, 1.807) is 17.8 Å². The van der Waals surface area contributed by atoms with Crippen LogP contribution in [-0.4, -0.2) is 14.8 Å². The number of thioether (sulfide) groups is 1. The summed E-state index contributed by atoms with van der Waals surface area (Å²) in [6, 6.07) is 5.75. The average Bonchev–Trinajstić information content (AvgIpc) is 3.39. The monoisotopic (exact) mass is 367 g/mol. The molecule has 1 heterocycles. The van der Waals surface area contributed by atoms with Gasteiger partial charge >= 0.3 is 0 Å². The summed E-state index contributed by atoms with van der Waals surface area (Å²) in [6.07, 6.45) is 4.94. The highest BCUT2D eigenvalue weighted by atomic mass is 79.9. The molecule has 1 aromatic carbocycles. The summed E-state index contributed by atoms with van der Waals surface area (Å²) >= 11 is 4.97. The van der Waals surface area contributed by atoms with Crippen molar-refractivity contribution >= 4 is 27.7 Å². The zero-order valence-electron chi connectivity index (χ0n) is 11.4. The van der Waals surface area contributed by atoms with Crippen LogP contribution in [0.5, 0.6) is 0 Å². The fraction of sp³-hybridized carbons (Fsp3) is 0.467. The molecule has 2 fully saturated rings. The van der Waals surface area contributed by atoms with Gasteiger partial charge in [0.25, 0.3) is 0 Å². The summed E-state index contributed by atoms with van der Waals surface area (Å²) in [7, 11) is 0. The van der Waals surface area contributed by atoms with Crippen molar-refractivity contribution in [1.82, 2.24) is 14.8 Å². The minimum absolute atomic E-state index is 0.213. The van der Waals surface area contributed by atoms with Crippen LogP contribution in [0.3, 0.4) is 0 Å². The van der Waals surface area contributed by atoms with E-state index in [4.69, 9.17) is 0 Å². The molecule has 2 aliphatic carbocycles. The van der Waals surface area contributed by atoms with E-state index in [1.807, 2.05) is 6.07 Å². The Labute approximate surface area is 135 Å². The molecular weight excluding hydrogens is 353 g/mol. The zero-order chi connectivity index (χ0) is 14.4. The van der Waals surface area contributed by atoms with Crippen molar-refractivity contribution in [3.63, 3.8) is 0 Å². The summed E-state index contributed by atoms with van der Waals surface area (Å²) in [4.78, 5) is 0. The number of aromatic nitrogens is 3. The summed E-state index contributed by atoms with van der Waals surface area (Å²) in [5.41, 5.74) is 0.957. The molecule has 0 unspecified atom stereocenters. The van der Waals surface area contributed by atoms with Gasteiger partial charge in [-0.05, 0) is 53.2 Å². The fourth-order valence-corrected chi connectivity index (χ4v) is 4.08. The number of benzene rings is 1. The van der Waals surface area contributed by atoms with Crippen molar-refractivity contribution in [3.8, 4) is 0 Å². The summed E-state index contributed by atoms with van der Waals surface area (Å²) in [5, 5.41) is 9.75. The molecule has 3 nitrogen and oxygen atoms in total. The van der Waals surface area contributed by atoms with E-state index in [-0.39, 0.29) is 5.82 Å². The second-order valence-electron chi connectivity index (χ2n) is 5.72. The van der Waals surface area contributed by atoms with Crippen LogP contribution in [0.15, 0.2) is 27.8 Å². The average molecular weight is 368 g/mol. The SMILES string of the molecule is Fc1cccc(CSc2nnc(C3CC3)n2C2CC2)c1Br. The number of nitrogens with zero attached hydrogens (tertiary/aromatic N) is 3. The standard InChI is InChI=1S/C15H15BrFN3S/c16-13-10(2-1-3-12(13)17)8-21-15-19-18-14(9-4-5-9)20(15)11-6-7-11/h1-3,9,11H,4-8H2. The third-order valence-electron chi connectivity index (χ3n) is 3.93. The van der Waals surface area contributed by atoms with Gasteiger partial charge < -0.3 is 4.57 Å². The molecule has 0 atom stereocenters. The Bertz CT molecular complexity index is 680. The number of rotatable bonds is 5. The first kappa shape index (κ1) is 13.8. The van der Waals surface area contributed by atoms with Crippen LogP contribution in [0.4, 0.5) is 4.39 Å². The van der Waals surface area contributed by atoms with Gasteiger partial charge in [-0.1, -0.05) is 23.9 Å². The maximum atomic E-state index is 13.6. The molecule has 2 saturated carbocycles. The molecule has 0 spiro atoms. The minimum Gasteiger partial charge on any atom is -0.303 e. The first-order chi connectivity index (χ1) is 10.2. The molecule has 0 bridgehead atoms. The van der Waals surface area contributed by atoms with Crippen molar-refractivity contribution in [2.45, 2.75) is 48.6 Å². The van der Waals surface area contributed by atoms with Crippen molar-refractivity contribution in [1.29, 1.82) is 0 Å². The highest BCUT2D eigenvalue weighted by Gasteiger charge is 2.36. The molecule has 0 saturated heterocycles. The molecule has 2 aliphatic rings. The van der Waals surface area contributed by atoms with Crippen molar-refractivity contribution < 1.29 is 4.39 Å². The Morgan fingerprint density at radius 2 is 2.05 bits per heavy atom. The van der Waals surface area contributed by atoms with Crippen LogP contribution in [-0.2, 0) is 5.75 Å². The van der Waals surface area contributed by atoms with E-state index < -0.39 is 0 Å². The second-order valence-corrected chi connectivity index (χ2v) is 7.45. The molecule has 6 heteroatoms.